The first kappa shape index (κ1) is 18.5. The molecule has 1 aromatic heterocycles. The van der Waals surface area contributed by atoms with Gasteiger partial charge in [0, 0.05) is 22.1 Å². The van der Waals surface area contributed by atoms with Crippen LogP contribution in [-0.2, 0) is 20.3 Å². The molecule has 21 heavy (non-hydrogen) atoms. The predicted octanol–water partition coefficient (Wildman–Crippen LogP) is 3.55. The molecule has 1 heterocycles. The Labute approximate surface area is 135 Å². The van der Waals surface area contributed by atoms with Gasteiger partial charge in [-0.2, -0.15) is 0 Å². The van der Waals surface area contributed by atoms with Gasteiger partial charge in [-0.05, 0) is 24.5 Å². The van der Waals surface area contributed by atoms with Crippen molar-refractivity contribution in [3.8, 4) is 0 Å². The van der Waals surface area contributed by atoms with E-state index in [0.717, 1.165) is 30.6 Å². The highest BCUT2D eigenvalue weighted by Gasteiger charge is 2.15. The molecule has 0 aliphatic heterocycles. The molecule has 7 heteroatoms. The number of amides is 1. The molecule has 0 aliphatic carbocycles. The third-order valence-corrected chi connectivity index (χ3v) is 6.52. The van der Waals surface area contributed by atoms with Gasteiger partial charge in [-0.25, -0.2) is 8.42 Å². The highest BCUT2D eigenvalue weighted by Crippen LogP contribution is 2.25. The zero-order valence-corrected chi connectivity index (χ0v) is 14.8. The van der Waals surface area contributed by atoms with Gasteiger partial charge in [-0.1, -0.05) is 33.1 Å². The molecule has 1 amide bonds. The van der Waals surface area contributed by atoms with E-state index in [1.807, 2.05) is 0 Å². The summed E-state index contributed by atoms with van der Waals surface area (Å²) in [5.74, 6) is 0.432. The Morgan fingerprint density at radius 1 is 1.38 bits per heavy atom. The lowest BCUT2D eigenvalue weighted by Gasteiger charge is -2.15. The van der Waals surface area contributed by atoms with E-state index in [0.29, 0.717) is 17.3 Å². The van der Waals surface area contributed by atoms with Crippen molar-refractivity contribution in [2.45, 2.75) is 50.2 Å². The second kappa shape index (κ2) is 8.76. The van der Waals surface area contributed by atoms with Crippen molar-refractivity contribution in [3.05, 3.63) is 17.0 Å². The van der Waals surface area contributed by atoms with Crippen LogP contribution in [0.15, 0.2) is 16.3 Å². The van der Waals surface area contributed by atoms with Gasteiger partial charge in [0.25, 0.3) is 9.05 Å². The van der Waals surface area contributed by atoms with Crippen molar-refractivity contribution >= 4 is 37.0 Å². The van der Waals surface area contributed by atoms with Crippen molar-refractivity contribution in [2.24, 2.45) is 5.92 Å². The van der Waals surface area contributed by atoms with Gasteiger partial charge < -0.3 is 5.32 Å². The van der Waals surface area contributed by atoms with Crippen molar-refractivity contribution in [1.82, 2.24) is 5.32 Å². The minimum Gasteiger partial charge on any atom is -0.356 e. The molecular weight excluding hydrogens is 330 g/mol. The van der Waals surface area contributed by atoms with Crippen molar-refractivity contribution in [2.75, 3.05) is 6.54 Å². The second-order valence-corrected chi connectivity index (χ2v) is 9.02. The second-order valence-electron chi connectivity index (χ2n) is 5.06. The molecule has 0 bridgehead atoms. The van der Waals surface area contributed by atoms with Crippen LogP contribution in [0.5, 0.6) is 0 Å². The third-order valence-electron chi connectivity index (χ3n) is 3.34. The minimum atomic E-state index is -3.70. The van der Waals surface area contributed by atoms with E-state index in [2.05, 4.69) is 19.2 Å². The molecule has 0 aromatic carbocycles. The van der Waals surface area contributed by atoms with Gasteiger partial charge >= 0.3 is 0 Å². The average molecular weight is 352 g/mol. The summed E-state index contributed by atoms with van der Waals surface area (Å²) >= 11 is 1.04. The predicted molar refractivity (Wildman–Crippen MR) is 87.4 cm³/mol. The van der Waals surface area contributed by atoms with Crippen LogP contribution in [0.25, 0.3) is 0 Å². The number of halogens is 1. The molecule has 1 aromatic rings. The van der Waals surface area contributed by atoms with Gasteiger partial charge in [0.1, 0.15) is 4.21 Å². The Morgan fingerprint density at radius 3 is 2.62 bits per heavy atom. The SMILES string of the molecule is CCCCC(CC)CNC(=O)Cc1ccc(S(=O)(=O)Cl)s1. The maximum absolute atomic E-state index is 11.9. The largest absolute Gasteiger partial charge is 0.356 e. The Morgan fingerprint density at radius 2 is 2.10 bits per heavy atom. The van der Waals surface area contributed by atoms with Crippen LogP contribution in [0.2, 0.25) is 0 Å². The summed E-state index contributed by atoms with van der Waals surface area (Å²) in [6.07, 6.45) is 4.71. The highest BCUT2D eigenvalue weighted by atomic mass is 35.7. The van der Waals surface area contributed by atoms with E-state index >= 15 is 0 Å². The fourth-order valence-corrected chi connectivity index (χ4v) is 4.13. The lowest BCUT2D eigenvalue weighted by atomic mass is 9.99. The Bertz CT molecular complexity index is 554. The van der Waals surface area contributed by atoms with Crippen LogP contribution in [0, 0.1) is 5.92 Å². The Hall–Kier alpha value is -0.590. The number of nitrogens with one attached hydrogen (secondary N) is 1. The van der Waals surface area contributed by atoms with Gasteiger partial charge in [0.15, 0.2) is 0 Å². The molecule has 4 nitrogen and oxygen atoms in total. The molecule has 0 fully saturated rings. The summed E-state index contributed by atoms with van der Waals surface area (Å²) in [6.45, 7) is 4.97. The topological polar surface area (TPSA) is 63.2 Å². The summed E-state index contributed by atoms with van der Waals surface area (Å²) in [5, 5.41) is 2.92. The molecular formula is C14H22ClNO3S2. The highest BCUT2D eigenvalue weighted by molar-refractivity contribution is 8.15. The van der Waals surface area contributed by atoms with Crippen molar-refractivity contribution in [3.63, 3.8) is 0 Å². The normalized spacial score (nSPS) is 13.1. The first-order chi connectivity index (χ1) is 9.86. The van der Waals surface area contributed by atoms with E-state index in [-0.39, 0.29) is 16.5 Å². The van der Waals surface area contributed by atoms with Gasteiger partial charge in [0.2, 0.25) is 5.91 Å². The molecule has 120 valence electrons. The zero-order valence-electron chi connectivity index (χ0n) is 12.4. The maximum Gasteiger partial charge on any atom is 0.270 e. The number of hydrogen-bond acceptors (Lipinski definition) is 4. The maximum atomic E-state index is 11.9. The number of carbonyl (C=O) groups is 1. The minimum absolute atomic E-state index is 0.0784. The molecule has 1 atom stereocenters. The van der Waals surface area contributed by atoms with Crippen LogP contribution in [0.4, 0.5) is 0 Å². The zero-order chi connectivity index (χ0) is 15.9. The molecule has 0 saturated heterocycles. The number of rotatable bonds is 9. The van der Waals surface area contributed by atoms with E-state index in [1.165, 1.54) is 12.5 Å². The standard InChI is InChI=1S/C14H22ClNO3S2/c1-3-5-6-11(4-2)10-16-13(17)9-12-7-8-14(20-12)21(15,18)19/h7-8,11H,3-6,9-10H2,1-2H3,(H,16,17). The van der Waals surface area contributed by atoms with E-state index in [9.17, 15) is 13.2 Å². The first-order valence-electron chi connectivity index (χ1n) is 7.16. The monoisotopic (exact) mass is 351 g/mol. The van der Waals surface area contributed by atoms with Crippen LogP contribution in [-0.4, -0.2) is 20.9 Å². The van der Waals surface area contributed by atoms with Gasteiger partial charge in [-0.15, -0.1) is 11.3 Å². The third kappa shape index (κ3) is 6.80. The number of carbonyl (C=O) groups excluding carboxylic acids is 1. The molecule has 1 rings (SSSR count). The average Bonchev–Trinajstić information content (AvgIpc) is 2.87. The molecule has 0 radical (unpaired) electrons. The summed E-state index contributed by atoms with van der Waals surface area (Å²) in [6, 6.07) is 3.07. The Balaban J connectivity index is 2.45. The fraction of sp³-hybridized carbons (Fsp3) is 0.643. The number of hydrogen-bond donors (Lipinski definition) is 1. The van der Waals surface area contributed by atoms with Crippen molar-refractivity contribution in [1.29, 1.82) is 0 Å². The number of thiophene rings is 1. The molecule has 1 unspecified atom stereocenters. The van der Waals surface area contributed by atoms with Crippen LogP contribution < -0.4 is 5.32 Å². The summed E-state index contributed by atoms with van der Waals surface area (Å²) in [4.78, 5) is 12.6. The van der Waals surface area contributed by atoms with Crippen LogP contribution >= 0.6 is 22.0 Å². The quantitative estimate of drug-likeness (QED) is 0.692. The lowest BCUT2D eigenvalue weighted by Crippen LogP contribution is -2.30. The fourth-order valence-electron chi connectivity index (χ4n) is 2.01. The lowest BCUT2D eigenvalue weighted by molar-refractivity contribution is -0.120. The summed E-state index contributed by atoms with van der Waals surface area (Å²) in [5.41, 5.74) is 0. The van der Waals surface area contributed by atoms with Crippen LogP contribution in [0.1, 0.15) is 44.4 Å². The number of unbranched alkanes of at least 4 members (excludes halogenated alkanes) is 1. The molecule has 0 saturated carbocycles. The Kier molecular flexibility index (Phi) is 7.70. The van der Waals surface area contributed by atoms with E-state index in [4.69, 9.17) is 10.7 Å². The summed E-state index contributed by atoms with van der Waals surface area (Å²) < 4.78 is 22.4. The van der Waals surface area contributed by atoms with E-state index < -0.39 is 9.05 Å². The van der Waals surface area contributed by atoms with Gasteiger partial charge in [0.05, 0.1) is 6.42 Å². The first-order valence-corrected chi connectivity index (χ1v) is 10.3. The van der Waals surface area contributed by atoms with Crippen molar-refractivity contribution < 1.29 is 13.2 Å². The molecule has 0 spiro atoms. The van der Waals surface area contributed by atoms with E-state index in [1.54, 1.807) is 6.07 Å². The van der Waals surface area contributed by atoms with Gasteiger partial charge in [-0.3, -0.25) is 4.79 Å². The van der Waals surface area contributed by atoms with Crippen LogP contribution in [0.3, 0.4) is 0 Å². The smallest absolute Gasteiger partial charge is 0.270 e. The summed E-state index contributed by atoms with van der Waals surface area (Å²) in [7, 11) is 1.56. The molecule has 1 N–H and O–H groups in total. The molecule has 0 aliphatic rings.